The Bertz CT molecular complexity index is 973. The van der Waals surface area contributed by atoms with Gasteiger partial charge in [0.2, 0.25) is 0 Å². The number of aromatic nitrogens is 1. The van der Waals surface area contributed by atoms with E-state index in [1.54, 1.807) is 32.0 Å². The van der Waals surface area contributed by atoms with E-state index in [4.69, 9.17) is 0 Å². The molecule has 0 fully saturated rings. The summed E-state index contributed by atoms with van der Waals surface area (Å²) in [6, 6.07) is 6.12. The molecule has 0 aliphatic rings. The summed E-state index contributed by atoms with van der Waals surface area (Å²) in [6.45, 7) is 6.89. The van der Waals surface area contributed by atoms with Gasteiger partial charge in [-0.15, -0.1) is 0 Å². The van der Waals surface area contributed by atoms with E-state index in [2.05, 4.69) is 11.6 Å². The highest BCUT2D eigenvalue weighted by molar-refractivity contribution is 5.98. The number of aliphatic hydroxyl groups excluding tert-OH is 1. The Labute approximate surface area is 136 Å². The minimum atomic E-state index is -0.990. The third kappa shape index (κ3) is 2.52. The normalized spacial score (nSPS) is 11.0. The van der Waals surface area contributed by atoms with Crippen molar-refractivity contribution in [2.24, 2.45) is 0 Å². The van der Waals surface area contributed by atoms with Gasteiger partial charge in [-0.05, 0) is 37.6 Å². The minimum absolute atomic E-state index is 0.166. The first kappa shape index (κ1) is 16.1. The number of nitrogens with zero attached hydrogens (tertiary/aromatic N) is 1. The van der Waals surface area contributed by atoms with E-state index in [1.807, 2.05) is 0 Å². The van der Waals surface area contributed by atoms with Crippen molar-refractivity contribution in [3.8, 4) is 11.1 Å². The van der Waals surface area contributed by atoms with Gasteiger partial charge in [-0.25, -0.2) is 13.2 Å². The van der Waals surface area contributed by atoms with Crippen LogP contribution in [0.15, 0.2) is 36.9 Å². The zero-order valence-corrected chi connectivity index (χ0v) is 13.1. The Hall–Kier alpha value is -2.82. The number of hydrogen-bond acceptors (Lipinski definition) is 2. The van der Waals surface area contributed by atoms with Gasteiger partial charge in [0, 0.05) is 34.3 Å². The quantitative estimate of drug-likeness (QED) is 0.633. The van der Waals surface area contributed by atoms with Crippen LogP contribution in [0.2, 0.25) is 0 Å². The number of rotatable bonds is 2. The molecule has 1 aromatic heterocycles. The van der Waals surface area contributed by atoms with Gasteiger partial charge in [0.05, 0.1) is 11.1 Å². The van der Waals surface area contributed by atoms with E-state index < -0.39 is 17.5 Å². The molecule has 1 N–H and O–H groups in total. The molecule has 122 valence electrons. The minimum Gasteiger partial charge on any atom is -0.508 e. The van der Waals surface area contributed by atoms with Crippen molar-refractivity contribution in [2.75, 3.05) is 0 Å². The highest BCUT2D eigenvalue weighted by Gasteiger charge is 2.20. The summed E-state index contributed by atoms with van der Waals surface area (Å²) in [5, 5.41) is 10.1. The van der Waals surface area contributed by atoms with Crippen LogP contribution in [0.4, 0.5) is 13.2 Å². The maximum absolute atomic E-state index is 14.3. The number of aryl methyl sites for hydroxylation is 1. The molecule has 1 heterocycles. The van der Waals surface area contributed by atoms with Gasteiger partial charge in [0.1, 0.15) is 23.2 Å². The molecule has 0 bridgehead atoms. The maximum Gasteiger partial charge on any atom is 0.136 e. The van der Waals surface area contributed by atoms with E-state index >= 15 is 0 Å². The van der Waals surface area contributed by atoms with Gasteiger partial charge in [-0.2, -0.15) is 0 Å². The molecule has 0 spiro atoms. The van der Waals surface area contributed by atoms with E-state index in [1.165, 1.54) is 0 Å². The summed E-state index contributed by atoms with van der Waals surface area (Å²) in [6.07, 6.45) is 0. The fourth-order valence-corrected chi connectivity index (χ4v) is 2.76. The van der Waals surface area contributed by atoms with Crippen molar-refractivity contribution in [2.45, 2.75) is 13.8 Å². The Balaban J connectivity index is 2.48. The highest BCUT2D eigenvalue weighted by Crippen LogP contribution is 2.37. The predicted molar refractivity (Wildman–Crippen MR) is 88.2 cm³/mol. The van der Waals surface area contributed by atoms with Crippen LogP contribution in [0.1, 0.15) is 16.8 Å². The Kier molecular flexibility index (Phi) is 3.79. The van der Waals surface area contributed by atoms with E-state index in [0.717, 1.165) is 0 Å². The zero-order valence-electron chi connectivity index (χ0n) is 13.1. The third-order valence-electron chi connectivity index (χ3n) is 4.06. The van der Waals surface area contributed by atoms with Crippen LogP contribution in [0.3, 0.4) is 0 Å². The van der Waals surface area contributed by atoms with Crippen molar-refractivity contribution in [1.82, 2.24) is 4.98 Å². The molecule has 0 radical (unpaired) electrons. The molecule has 3 rings (SSSR count). The van der Waals surface area contributed by atoms with Crippen molar-refractivity contribution >= 4 is 16.7 Å². The smallest absolute Gasteiger partial charge is 0.136 e. The molecule has 5 heteroatoms. The second kappa shape index (κ2) is 5.67. The number of halogens is 3. The summed E-state index contributed by atoms with van der Waals surface area (Å²) in [5.41, 5.74) is 2.09. The van der Waals surface area contributed by atoms with Crippen LogP contribution in [-0.2, 0) is 0 Å². The number of aliphatic hydroxyl groups is 1. The van der Waals surface area contributed by atoms with Gasteiger partial charge in [-0.3, -0.25) is 4.98 Å². The molecule has 0 atom stereocenters. The molecule has 3 aromatic rings. The maximum atomic E-state index is 14.3. The van der Waals surface area contributed by atoms with E-state index in [9.17, 15) is 18.3 Å². The standard InChI is InChI=1S/C19H14F3NO/c1-9-10(2)23-17-5-4-12(11(3)24)6-14(17)18(9)19-15(21)7-13(20)8-16(19)22/h4-8,24H,3H2,1-2H3. The second-order valence-corrected chi connectivity index (χ2v) is 5.62. The van der Waals surface area contributed by atoms with Crippen LogP contribution < -0.4 is 0 Å². The SMILES string of the molecule is C=C(O)c1ccc2nc(C)c(C)c(-c3c(F)cc(F)cc3F)c2c1. The van der Waals surface area contributed by atoms with Crippen molar-refractivity contribution in [1.29, 1.82) is 0 Å². The topological polar surface area (TPSA) is 33.1 Å². The fourth-order valence-electron chi connectivity index (χ4n) is 2.76. The monoisotopic (exact) mass is 329 g/mol. The largest absolute Gasteiger partial charge is 0.508 e. The first-order valence-electron chi connectivity index (χ1n) is 7.23. The van der Waals surface area contributed by atoms with Crippen molar-refractivity contribution < 1.29 is 18.3 Å². The molecular formula is C19H14F3NO. The van der Waals surface area contributed by atoms with Gasteiger partial charge < -0.3 is 5.11 Å². The number of fused-ring (bicyclic) bond motifs is 1. The Morgan fingerprint density at radius 2 is 1.62 bits per heavy atom. The molecule has 0 aliphatic heterocycles. The third-order valence-corrected chi connectivity index (χ3v) is 4.06. The lowest BCUT2D eigenvalue weighted by Gasteiger charge is -2.15. The van der Waals surface area contributed by atoms with Gasteiger partial charge in [0.15, 0.2) is 0 Å². The fraction of sp³-hybridized carbons (Fsp3) is 0.105. The summed E-state index contributed by atoms with van der Waals surface area (Å²) >= 11 is 0. The molecule has 2 nitrogen and oxygen atoms in total. The van der Waals surface area contributed by atoms with E-state index in [-0.39, 0.29) is 16.9 Å². The summed E-state index contributed by atoms with van der Waals surface area (Å²) < 4.78 is 41.9. The van der Waals surface area contributed by atoms with Crippen molar-refractivity contribution in [3.05, 3.63) is 71.2 Å². The number of benzene rings is 2. The Morgan fingerprint density at radius 3 is 2.21 bits per heavy atom. The Morgan fingerprint density at radius 1 is 1.00 bits per heavy atom. The number of pyridine rings is 1. The van der Waals surface area contributed by atoms with E-state index in [0.29, 0.717) is 39.9 Å². The van der Waals surface area contributed by atoms with Crippen molar-refractivity contribution in [3.63, 3.8) is 0 Å². The molecule has 0 unspecified atom stereocenters. The molecule has 0 saturated heterocycles. The van der Waals surface area contributed by atoms with Crippen LogP contribution in [-0.4, -0.2) is 10.1 Å². The molecule has 2 aromatic carbocycles. The predicted octanol–water partition coefficient (Wildman–Crippen LogP) is 5.46. The van der Waals surface area contributed by atoms with Gasteiger partial charge >= 0.3 is 0 Å². The molecule has 0 saturated carbocycles. The zero-order chi connectivity index (χ0) is 17.6. The lowest BCUT2D eigenvalue weighted by atomic mass is 9.93. The van der Waals surface area contributed by atoms with Gasteiger partial charge in [0.25, 0.3) is 0 Å². The molecular weight excluding hydrogens is 315 g/mol. The first-order chi connectivity index (χ1) is 11.3. The van der Waals surface area contributed by atoms with Crippen LogP contribution >= 0.6 is 0 Å². The molecule has 24 heavy (non-hydrogen) atoms. The van der Waals surface area contributed by atoms with Crippen LogP contribution in [0.5, 0.6) is 0 Å². The van der Waals surface area contributed by atoms with Crippen LogP contribution in [0.25, 0.3) is 27.8 Å². The second-order valence-electron chi connectivity index (χ2n) is 5.62. The van der Waals surface area contributed by atoms with Gasteiger partial charge in [-0.1, -0.05) is 6.58 Å². The summed E-state index contributed by atoms with van der Waals surface area (Å²) in [4.78, 5) is 4.41. The average Bonchev–Trinajstić information content (AvgIpc) is 2.49. The summed E-state index contributed by atoms with van der Waals surface area (Å²) in [7, 11) is 0. The first-order valence-corrected chi connectivity index (χ1v) is 7.23. The molecule has 0 aliphatic carbocycles. The lowest BCUT2D eigenvalue weighted by molar-refractivity contribution is 0.514. The average molecular weight is 329 g/mol. The summed E-state index contributed by atoms with van der Waals surface area (Å²) in [5.74, 6) is -3.13. The van der Waals surface area contributed by atoms with Crippen LogP contribution in [0, 0.1) is 31.3 Å². The highest BCUT2D eigenvalue weighted by atomic mass is 19.1. The molecule has 0 amide bonds. The number of hydrogen-bond donors (Lipinski definition) is 1. The lowest BCUT2D eigenvalue weighted by Crippen LogP contribution is -2.00.